The summed E-state index contributed by atoms with van der Waals surface area (Å²) in [7, 11) is 0. The van der Waals surface area contributed by atoms with Gasteiger partial charge in [0.1, 0.15) is 6.54 Å². The summed E-state index contributed by atoms with van der Waals surface area (Å²) < 4.78 is 4.81. The number of amides is 3. The maximum absolute atomic E-state index is 12.5. The van der Waals surface area contributed by atoms with E-state index in [0.717, 1.165) is 6.54 Å². The molecule has 1 saturated carbocycles. The standard InChI is InChI=1S/C17H29N3O4/c1-4-24-16(22)9-18-17(23)19-8-7-15(21)20(10-13-5-6-13)14(11-19)12(2)3/h12-14H,4-11H2,1-3H3,(H,18,23). The highest BCUT2D eigenvalue weighted by molar-refractivity contribution is 5.82. The van der Waals surface area contributed by atoms with Crippen molar-refractivity contribution < 1.29 is 19.1 Å². The highest BCUT2D eigenvalue weighted by atomic mass is 16.5. The second kappa shape index (κ2) is 8.35. The molecular formula is C17H29N3O4. The van der Waals surface area contributed by atoms with E-state index in [4.69, 9.17) is 4.74 Å². The van der Waals surface area contributed by atoms with Gasteiger partial charge in [0.25, 0.3) is 0 Å². The number of rotatable bonds is 6. The molecule has 1 N–H and O–H groups in total. The monoisotopic (exact) mass is 339 g/mol. The molecule has 1 unspecified atom stereocenters. The first-order valence-electron chi connectivity index (χ1n) is 8.90. The van der Waals surface area contributed by atoms with E-state index in [1.807, 2.05) is 4.90 Å². The second-order valence-corrected chi connectivity index (χ2v) is 6.96. The van der Waals surface area contributed by atoms with Gasteiger partial charge in [-0.05, 0) is 31.6 Å². The van der Waals surface area contributed by atoms with Crippen LogP contribution in [0.5, 0.6) is 0 Å². The lowest BCUT2D eigenvalue weighted by molar-refractivity contribution is -0.141. The predicted octanol–water partition coefficient (Wildman–Crippen LogP) is 1.23. The lowest BCUT2D eigenvalue weighted by Crippen LogP contribution is -2.50. The van der Waals surface area contributed by atoms with Gasteiger partial charge in [-0.1, -0.05) is 13.8 Å². The topological polar surface area (TPSA) is 79.0 Å². The zero-order valence-corrected chi connectivity index (χ0v) is 14.9. The molecule has 0 spiro atoms. The largest absolute Gasteiger partial charge is 0.465 e. The van der Waals surface area contributed by atoms with Crippen molar-refractivity contribution in [3.63, 3.8) is 0 Å². The third kappa shape index (κ3) is 5.11. The number of hydrogen-bond acceptors (Lipinski definition) is 4. The van der Waals surface area contributed by atoms with Crippen LogP contribution in [0.15, 0.2) is 0 Å². The molecule has 7 nitrogen and oxygen atoms in total. The summed E-state index contributed by atoms with van der Waals surface area (Å²) in [6.07, 6.45) is 2.72. The van der Waals surface area contributed by atoms with Gasteiger partial charge in [-0.3, -0.25) is 9.59 Å². The zero-order chi connectivity index (χ0) is 17.7. The minimum absolute atomic E-state index is 0.0222. The van der Waals surface area contributed by atoms with E-state index < -0.39 is 5.97 Å². The Labute approximate surface area is 143 Å². The van der Waals surface area contributed by atoms with Crippen molar-refractivity contribution >= 4 is 17.9 Å². The van der Waals surface area contributed by atoms with Crippen molar-refractivity contribution in [1.29, 1.82) is 0 Å². The highest BCUT2D eigenvalue weighted by Gasteiger charge is 2.36. The molecule has 0 aromatic rings. The molecule has 1 aliphatic heterocycles. The number of carbonyl (C=O) groups excluding carboxylic acids is 3. The maximum atomic E-state index is 12.5. The summed E-state index contributed by atoms with van der Waals surface area (Å²) >= 11 is 0. The fourth-order valence-corrected chi connectivity index (χ4v) is 3.02. The molecule has 7 heteroatoms. The molecule has 3 amide bonds. The molecule has 1 atom stereocenters. The van der Waals surface area contributed by atoms with Crippen LogP contribution >= 0.6 is 0 Å². The molecule has 0 bridgehead atoms. The van der Waals surface area contributed by atoms with Gasteiger partial charge < -0.3 is 19.9 Å². The van der Waals surface area contributed by atoms with Crippen molar-refractivity contribution in [2.75, 3.05) is 32.8 Å². The first-order chi connectivity index (χ1) is 11.4. The molecule has 2 fully saturated rings. The van der Waals surface area contributed by atoms with Gasteiger partial charge in [-0.15, -0.1) is 0 Å². The molecule has 1 heterocycles. The molecule has 2 rings (SSSR count). The first kappa shape index (κ1) is 18.5. The third-order valence-electron chi connectivity index (χ3n) is 4.62. The normalized spacial score (nSPS) is 21.7. The Bertz CT molecular complexity index is 476. The van der Waals surface area contributed by atoms with Gasteiger partial charge in [-0.2, -0.15) is 0 Å². The van der Waals surface area contributed by atoms with Crippen LogP contribution in [0.4, 0.5) is 4.79 Å². The van der Waals surface area contributed by atoms with Gasteiger partial charge in [0, 0.05) is 26.1 Å². The van der Waals surface area contributed by atoms with Gasteiger partial charge in [0.15, 0.2) is 0 Å². The van der Waals surface area contributed by atoms with Crippen molar-refractivity contribution in [3.8, 4) is 0 Å². The van der Waals surface area contributed by atoms with Crippen LogP contribution in [0.25, 0.3) is 0 Å². The number of nitrogens with zero attached hydrogens (tertiary/aromatic N) is 2. The van der Waals surface area contributed by atoms with Crippen LogP contribution in [0.2, 0.25) is 0 Å². The summed E-state index contributed by atoms with van der Waals surface area (Å²) in [6, 6.07) is -0.288. The number of esters is 1. The Morgan fingerprint density at radius 2 is 2.04 bits per heavy atom. The smallest absolute Gasteiger partial charge is 0.325 e. The van der Waals surface area contributed by atoms with Crippen LogP contribution in [-0.2, 0) is 14.3 Å². The van der Waals surface area contributed by atoms with E-state index in [2.05, 4.69) is 19.2 Å². The number of carbonyl (C=O) groups is 3. The quantitative estimate of drug-likeness (QED) is 0.738. The Morgan fingerprint density at radius 1 is 1.33 bits per heavy atom. The fraction of sp³-hybridized carbons (Fsp3) is 0.824. The highest BCUT2D eigenvalue weighted by Crippen LogP contribution is 2.32. The van der Waals surface area contributed by atoms with Crippen LogP contribution in [-0.4, -0.2) is 66.5 Å². The molecule has 2 aliphatic rings. The van der Waals surface area contributed by atoms with Gasteiger partial charge in [0.2, 0.25) is 5.91 Å². The second-order valence-electron chi connectivity index (χ2n) is 6.96. The third-order valence-corrected chi connectivity index (χ3v) is 4.62. The minimum Gasteiger partial charge on any atom is -0.465 e. The Balaban J connectivity index is 1.97. The fourth-order valence-electron chi connectivity index (χ4n) is 3.02. The minimum atomic E-state index is -0.451. The summed E-state index contributed by atoms with van der Waals surface area (Å²) in [5.74, 6) is 0.569. The summed E-state index contributed by atoms with van der Waals surface area (Å²) in [5, 5.41) is 2.59. The van der Waals surface area contributed by atoms with Gasteiger partial charge >= 0.3 is 12.0 Å². The van der Waals surface area contributed by atoms with Crippen molar-refractivity contribution in [1.82, 2.24) is 15.1 Å². The van der Waals surface area contributed by atoms with Gasteiger partial charge in [0.05, 0.1) is 12.6 Å². The number of urea groups is 1. The van der Waals surface area contributed by atoms with Crippen molar-refractivity contribution in [2.24, 2.45) is 11.8 Å². The Kier molecular flexibility index (Phi) is 6.45. The lowest BCUT2D eigenvalue weighted by Gasteiger charge is -2.34. The molecule has 0 aromatic heterocycles. The maximum Gasteiger partial charge on any atom is 0.325 e. The SMILES string of the molecule is CCOC(=O)CNC(=O)N1CCC(=O)N(CC2CC2)C(C(C)C)C1. The van der Waals surface area contributed by atoms with Crippen LogP contribution in [0.3, 0.4) is 0 Å². The Morgan fingerprint density at radius 3 is 2.62 bits per heavy atom. The molecule has 136 valence electrons. The van der Waals surface area contributed by atoms with E-state index in [1.54, 1.807) is 11.8 Å². The predicted molar refractivity (Wildman–Crippen MR) is 89.3 cm³/mol. The van der Waals surface area contributed by atoms with E-state index in [1.165, 1.54) is 12.8 Å². The van der Waals surface area contributed by atoms with Crippen LogP contribution in [0.1, 0.15) is 40.0 Å². The van der Waals surface area contributed by atoms with E-state index in [9.17, 15) is 14.4 Å². The molecular weight excluding hydrogens is 310 g/mol. The lowest BCUT2D eigenvalue weighted by atomic mass is 10.0. The number of nitrogens with one attached hydrogen (secondary N) is 1. The molecule has 0 aromatic carbocycles. The average Bonchev–Trinajstić information content (AvgIpc) is 3.35. The van der Waals surface area contributed by atoms with Crippen LogP contribution in [0, 0.1) is 11.8 Å². The van der Waals surface area contributed by atoms with E-state index in [-0.39, 0.29) is 30.4 Å². The average molecular weight is 339 g/mol. The summed E-state index contributed by atoms with van der Waals surface area (Å²) in [4.78, 5) is 39.9. The van der Waals surface area contributed by atoms with Crippen LogP contribution < -0.4 is 5.32 Å². The number of ether oxygens (including phenoxy) is 1. The molecule has 0 radical (unpaired) electrons. The van der Waals surface area contributed by atoms with E-state index in [0.29, 0.717) is 32.0 Å². The first-order valence-corrected chi connectivity index (χ1v) is 8.90. The molecule has 1 aliphatic carbocycles. The van der Waals surface area contributed by atoms with E-state index >= 15 is 0 Å². The molecule has 1 saturated heterocycles. The molecule has 24 heavy (non-hydrogen) atoms. The zero-order valence-electron chi connectivity index (χ0n) is 14.9. The van der Waals surface area contributed by atoms with Crippen molar-refractivity contribution in [3.05, 3.63) is 0 Å². The summed E-state index contributed by atoms with van der Waals surface area (Å²) in [5.41, 5.74) is 0. The number of hydrogen-bond donors (Lipinski definition) is 1. The Hall–Kier alpha value is -1.79. The van der Waals surface area contributed by atoms with Crippen molar-refractivity contribution in [2.45, 2.75) is 46.1 Å². The summed E-state index contributed by atoms with van der Waals surface area (Å²) in [6.45, 7) is 7.73. The van der Waals surface area contributed by atoms with Gasteiger partial charge in [-0.25, -0.2) is 4.79 Å².